The zero-order valence-electron chi connectivity index (χ0n) is 10.7. The molecule has 0 aliphatic rings. The van der Waals surface area contributed by atoms with Gasteiger partial charge in [0.05, 0.1) is 16.2 Å². The molecule has 0 atom stereocenters. The van der Waals surface area contributed by atoms with E-state index in [0.29, 0.717) is 5.69 Å². The highest BCUT2D eigenvalue weighted by Gasteiger charge is 2.16. The Morgan fingerprint density at radius 3 is 2.57 bits per heavy atom. The largest absolute Gasteiger partial charge is 0.323 e. The topological polar surface area (TPSA) is 110 Å². The van der Waals surface area contributed by atoms with Crippen molar-refractivity contribution in [2.45, 2.75) is 0 Å². The third-order valence-electron chi connectivity index (χ3n) is 2.73. The Morgan fingerprint density at radius 2 is 1.95 bits per heavy atom. The van der Waals surface area contributed by atoms with Gasteiger partial charge >= 0.3 is 5.69 Å². The number of carbonyl (C=O) groups excluding carboxylic acids is 1. The Bertz CT molecular complexity index is 706. The van der Waals surface area contributed by atoms with Gasteiger partial charge in [-0.05, 0) is 18.2 Å². The molecule has 4 N–H and O–H groups in total. The van der Waals surface area contributed by atoms with E-state index in [1.54, 1.807) is 18.2 Å². The molecule has 0 saturated heterocycles. The maximum Gasteiger partial charge on any atom is 0.304 e. The number of hydrogen-bond acceptors (Lipinski definition) is 5. The number of nitrogens with two attached hydrogens (primary N) is 1. The van der Waals surface area contributed by atoms with Gasteiger partial charge in [0.15, 0.2) is 0 Å². The molecule has 0 radical (unpaired) electrons. The van der Waals surface area contributed by atoms with Gasteiger partial charge in [-0.15, -0.1) is 0 Å². The van der Waals surface area contributed by atoms with Crippen molar-refractivity contribution in [3.63, 3.8) is 0 Å². The number of hydrogen-bond donors (Lipinski definition) is 3. The van der Waals surface area contributed by atoms with E-state index in [1.165, 1.54) is 12.1 Å². The lowest BCUT2D eigenvalue weighted by Gasteiger charge is -2.09. The number of amides is 1. The van der Waals surface area contributed by atoms with Crippen molar-refractivity contribution in [2.24, 2.45) is 5.84 Å². The van der Waals surface area contributed by atoms with Crippen LogP contribution in [0.1, 0.15) is 10.4 Å². The number of rotatable bonds is 4. The third kappa shape index (κ3) is 3.12. The molecule has 2 aromatic carbocycles. The molecule has 0 aliphatic carbocycles. The summed E-state index contributed by atoms with van der Waals surface area (Å²) in [4.78, 5) is 21.7. The molecular formula is C13H11FN4O3. The first-order valence-corrected chi connectivity index (χ1v) is 5.84. The van der Waals surface area contributed by atoms with E-state index in [0.717, 1.165) is 12.1 Å². The number of nitrogen functional groups attached to an aromatic ring is 1. The highest BCUT2D eigenvalue weighted by Crippen LogP contribution is 2.22. The number of para-hydroxylation sites is 1. The smallest absolute Gasteiger partial charge is 0.304 e. The third-order valence-corrected chi connectivity index (χ3v) is 2.73. The number of nitro benzene ring substituents is 1. The van der Waals surface area contributed by atoms with Crippen LogP contribution in [0.2, 0.25) is 0 Å². The molecule has 108 valence electrons. The average Bonchev–Trinajstić information content (AvgIpc) is 2.46. The highest BCUT2D eigenvalue weighted by molar-refractivity contribution is 6.08. The SMILES string of the molecule is NNc1ccccc1C(=O)Nc1ccc([N+](=O)[O-])c(F)c1. The van der Waals surface area contributed by atoms with Gasteiger partial charge < -0.3 is 10.7 Å². The van der Waals surface area contributed by atoms with Gasteiger partial charge in [-0.2, -0.15) is 4.39 Å². The highest BCUT2D eigenvalue weighted by atomic mass is 19.1. The Balaban J connectivity index is 2.24. The summed E-state index contributed by atoms with van der Waals surface area (Å²) in [5.41, 5.74) is 2.49. The summed E-state index contributed by atoms with van der Waals surface area (Å²) in [5, 5.41) is 13.0. The van der Waals surface area contributed by atoms with E-state index in [4.69, 9.17) is 5.84 Å². The van der Waals surface area contributed by atoms with Gasteiger partial charge in [-0.25, -0.2) is 0 Å². The Labute approximate surface area is 118 Å². The minimum Gasteiger partial charge on any atom is -0.323 e. The van der Waals surface area contributed by atoms with E-state index < -0.39 is 22.3 Å². The van der Waals surface area contributed by atoms with Crippen LogP contribution in [0.15, 0.2) is 42.5 Å². The van der Waals surface area contributed by atoms with Crippen LogP contribution in [0.4, 0.5) is 21.5 Å². The molecule has 0 saturated carbocycles. The fourth-order valence-corrected chi connectivity index (χ4v) is 1.74. The molecule has 0 bridgehead atoms. The van der Waals surface area contributed by atoms with Crippen molar-refractivity contribution in [2.75, 3.05) is 10.7 Å². The summed E-state index contributed by atoms with van der Waals surface area (Å²) in [6, 6.07) is 9.59. The Morgan fingerprint density at radius 1 is 1.24 bits per heavy atom. The molecule has 0 aromatic heterocycles. The zero-order chi connectivity index (χ0) is 15.4. The predicted molar refractivity (Wildman–Crippen MR) is 75.3 cm³/mol. The first-order valence-electron chi connectivity index (χ1n) is 5.84. The molecule has 8 heteroatoms. The summed E-state index contributed by atoms with van der Waals surface area (Å²) >= 11 is 0. The van der Waals surface area contributed by atoms with Crippen LogP contribution in [0.25, 0.3) is 0 Å². The summed E-state index contributed by atoms with van der Waals surface area (Å²) in [7, 11) is 0. The summed E-state index contributed by atoms with van der Waals surface area (Å²) in [6.45, 7) is 0. The quantitative estimate of drug-likeness (QED) is 0.454. The fourth-order valence-electron chi connectivity index (χ4n) is 1.74. The van der Waals surface area contributed by atoms with Gasteiger partial charge in [0.2, 0.25) is 5.82 Å². The molecule has 21 heavy (non-hydrogen) atoms. The van der Waals surface area contributed by atoms with Crippen LogP contribution in [-0.2, 0) is 0 Å². The predicted octanol–water partition coefficient (Wildman–Crippen LogP) is 2.27. The lowest BCUT2D eigenvalue weighted by atomic mass is 10.1. The van der Waals surface area contributed by atoms with E-state index in [-0.39, 0.29) is 11.3 Å². The number of carbonyl (C=O) groups is 1. The van der Waals surface area contributed by atoms with E-state index in [9.17, 15) is 19.3 Å². The molecule has 7 nitrogen and oxygen atoms in total. The van der Waals surface area contributed by atoms with E-state index in [2.05, 4.69) is 10.7 Å². The van der Waals surface area contributed by atoms with Crippen molar-refractivity contribution >= 4 is 23.0 Å². The Hall–Kier alpha value is -3.00. The second-order valence-electron chi connectivity index (χ2n) is 4.07. The Kier molecular flexibility index (Phi) is 4.10. The average molecular weight is 290 g/mol. The monoisotopic (exact) mass is 290 g/mol. The maximum atomic E-state index is 13.5. The van der Waals surface area contributed by atoms with Crippen LogP contribution in [0.3, 0.4) is 0 Å². The molecule has 0 unspecified atom stereocenters. The fraction of sp³-hybridized carbons (Fsp3) is 0. The zero-order valence-corrected chi connectivity index (χ0v) is 10.7. The second kappa shape index (κ2) is 5.97. The standard InChI is InChI=1S/C13H11FN4O3/c14-10-7-8(5-6-12(10)18(20)21)16-13(19)9-3-1-2-4-11(9)17-15/h1-7,17H,15H2,(H,16,19). The molecule has 0 spiro atoms. The molecular weight excluding hydrogens is 279 g/mol. The molecule has 0 aliphatic heterocycles. The van der Waals surface area contributed by atoms with Crippen molar-refractivity contribution in [3.05, 3.63) is 64.0 Å². The van der Waals surface area contributed by atoms with Crippen LogP contribution < -0.4 is 16.6 Å². The van der Waals surface area contributed by atoms with Gasteiger partial charge in [0, 0.05) is 17.8 Å². The molecule has 1 amide bonds. The number of anilines is 2. The molecule has 0 fully saturated rings. The summed E-state index contributed by atoms with van der Waals surface area (Å²) in [5.74, 6) is 3.75. The summed E-state index contributed by atoms with van der Waals surface area (Å²) in [6.07, 6.45) is 0. The maximum absolute atomic E-state index is 13.5. The van der Waals surface area contributed by atoms with Crippen molar-refractivity contribution in [1.82, 2.24) is 0 Å². The van der Waals surface area contributed by atoms with Gasteiger partial charge in [-0.3, -0.25) is 20.8 Å². The van der Waals surface area contributed by atoms with Crippen molar-refractivity contribution in [3.8, 4) is 0 Å². The van der Waals surface area contributed by atoms with E-state index >= 15 is 0 Å². The van der Waals surface area contributed by atoms with Crippen molar-refractivity contribution in [1.29, 1.82) is 0 Å². The minimum absolute atomic E-state index is 0.106. The number of hydrazine groups is 1. The van der Waals surface area contributed by atoms with Crippen molar-refractivity contribution < 1.29 is 14.1 Å². The molecule has 2 aromatic rings. The lowest BCUT2D eigenvalue weighted by Crippen LogP contribution is -2.17. The van der Waals surface area contributed by atoms with Crippen LogP contribution in [0, 0.1) is 15.9 Å². The van der Waals surface area contributed by atoms with Gasteiger partial charge in [0.1, 0.15) is 0 Å². The lowest BCUT2D eigenvalue weighted by molar-refractivity contribution is -0.387. The van der Waals surface area contributed by atoms with E-state index in [1.807, 2.05) is 0 Å². The first kappa shape index (κ1) is 14.4. The van der Waals surface area contributed by atoms with Crippen LogP contribution in [0.5, 0.6) is 0 Å². The van der Waals surface area contributed by atoms with Crippen LogP contribution >= 0.6 is 0 Å². The summed E-state index contributed by atoms with van der Waals surface area (Å²) < 4.78 is 13.5. The number of benzene rings is 2. The van der Waals surface area contributed by atoms with Gasteiger partial charge in [-0.1, -0.05) is 12.1 Å². The number of nitro groups is 1. The first-order chi connectivity index (χ1) is 10.0. The number of halogens is 1. The van der Waals surface area contributed by atoms with Gasteiger partial charge in [0.25, 0.3) is 5.91 Å². The normalized spacial score (nSPS) is 10.0. The number of nitrogens with zero attached hydrogens (tertiary/aromatic N) is 1. The minimum atomic E-state index is -1.02. The number of nitrogens with one attached hydrogen (secondary N) is 2. The molecule has 0 heterocycles. The second-order valence-corrected chi connectivity index (χ2v) is 4.07. The molecule has 2 rings (SSSR count). The van der Waals surface area contributed by atoms with Crippen LogP contribution in [-0.4, -0.2) is 10.8 Å².